The molecule has 2 aromatic heterocycles. The quantitative estimate of drug-likeness (QED) is 0.555. The summed E-state index contributed by atoms with van der Waals surface area (Å²) >= 11 is 2.94. The van der Waals surface area contributed by atoms with Crippen molar-refractivity contribution in [3.05, 3.63) is 52.3 Å². The van der Waals surface area contributed by atoms with Gasteiger partial charge < -0.3 is 5.11 Å². The lowest BCUT2D eigenvalue weighted by atomic mass is 10.0. The number of carbonyl (C=O) groups is 2. The van der Waals surface area contributed by atoms with Crippen LogP contribution < -0.4 is 0 Å². The molecule has 0 radical (unpaired) electrons. The normalized spacial score (nSPS) is 21.1. The standard InChI is InChI=1S/C17H11N3O3S2/c1-8-3-2-4-12-13(8)19-6-9(18-17(19)25-12)5-10-14(21)20-11(16(22)23)7-24-15(10)20/h2-7,15H,1H3,(H,22,23). The zero-order chi connectivity index (χ0) is 17.3. The Morgan fingerprint density at radius 1 is 1.40 bits per heavy atom. The largest absolute Gasteiger partial charge is 0.477 e. The van der Waals surface area contributed by atoms with E-state index in [0.29, 0.717) is 11.3 Å². The van der Waals surface area contributed by atoms with Crippen LogP contribution in [0.4, 0.5) is 0 Å². The van der Waals surface area contributed by atoms with Crippen molar-refractivity contribution < 1.29 is 14.7 Å². The average Bonchev–Trinajstić information content (AvgIpc) is 3.22. The highest BCUT2D eigenvalue weighted by molar-refractivity contribution is 8.03. The van der Waals surface area contributed by atoms with E-state index in [9.17, 15) is 9.59 Å². The molecule has 1 amide bonds. The van der Waals surface area contributed by atoms with Gasteiger partial charge in [-0.15, -0.1) is 11.8 Å². The molecule has 0 spiro atoms. The number of hydrogen-bond acceptors (Lipinski definition) is 5. The first-order valence-corrected chi connectivity index (χ1v) is 9.32. The summed E-state index contributed by atoms with van der Waals surface area (Å²) in [6.45, 7) is 2.06. The van der Waals surface area contributed by atoms with Crippen LogP contribution in [0, 0.1) is 6.92 Å². The zero-order valence-electron chi connectivity index (χ0n) is 13.0. The number of aromatic nitrogens is 2. The van der Waals surface area contributed by atoms with Gasteiger partial charge in [0.1, 0.15) is 11.1 Å². The molecule has 0 bridgehead atoms. The van der Waals surface area contributed by atoms with Crippen LogP contribution in [0.5, 0.6) is 0 Å². The Bertz CT molecular complexity index is 1150. The maximum atomic E-state index is 12.3. The highest BCUT2D eigenvalue weighted by Gasteiger charge is 2.49. The number of benzene rings is 1. The summed E-state index contributed by atoms with van der Waals surface area (Å²) in [5, 5.41) is 10.4. The van der Waals surface area contributed by atoms with Crippen molar-refractivity contribution in [3.63, 3.8) is 0 Å². The smallest absolute Gasteiger partial charge is 0.353 e. The number of thiazole rings is 1. The first-order valence-electron chi connectivity index (χ1n) is 7.56. The number of carbonyl (C=O) groups excluding carboxylic acids is 1. The van der Waals surface area contributed by atoms with E-state index in [4.69, 9.17) is 5.11 Å². The third-order valence-corrected chi connectivity index (χ3v) is 6.49. The van der Waals surface area contributed by atoms with Gasteiger partial charge in [-0.25, -0.2) is 9.78 Å². The molecule has 0 aliphatic carbocycles. The van der Waals surface area contributed by atoms with Crippen molar-refractivity contribution in [3.8, 4) is 0 Å². The fourth-order valence-corrected chi connectivity index (χ4v) is 5.44. The Kier molecular flexibility index (Phi) is 2.93. The van der Waals surface area contributed by atoms with Gasteiger partial charge in [-0.3, -0.25) is 14.1 Å². The number of hydrogen-bond donors (Lipinski definition) is 1. The molecule has 2 aliphatic rings. The number of fused-ring (bicyclic) bond motifs is 4. The van der Waals surface area contributed by atoms with E-state index in [-0.39, 0.29) is 17.0 Å². The Labute approximate surface area is 150 Å². The van der Waals surface area contributed by atoms with Gasteiger partial charge in [-0.1, -0.05) is 23.5 Å². The van der Waals surface area contributed by atoms with Gasteiger partial charge in [0.05, 0.1) is 21.5 Å². The van der Waals surface area contributed by atoms with Crippen molar-refractivity contribution in [1.82, 2.24) is 14.3 Å². The van der Waals surface area contributed by atoms with Crippen LogP contribution in [0.3, 0.4) is 0 Å². The Morgan fingerprint density at radius 3 is 3.04 bits per heavy atom. The molecule has 1 N–H and O–H groups in total. The van der Waals surface area contributed by atoms with Gasteiger partial charge in [0.25, 0.3) is 5.91 Å². The van der Waals surface area contributed by atoms with E-state index in [0.717, 1.165) is 10.5 Å². The zero-order valence-corrected chi connectivity index (χ0v) is 14.6. The van der Waals surface area contributed by atoms with Gasteiger partial charge >= 0.3 is 5.97 Å². The first-order chi connectivity index (χ1) is 12.0. The van der Waals surface area contributed by atoms with E-state index in [1.54, 1.807) is 17.4 Å². The topological polar surface area (TPSA) is 74.9 Å². The lowest BCUT2D eigenvalue weighted by Crippen LogP contribution is -2.51. The van der Waals surface area contributed by atoms with Crippen LogP contribution in [0.2, 0.25) is 0 Å². The van der Waals surface area contributed by atoms with E-state index >= 15 is 0 Å². The van der Waals surface area contributed by atoms with Crippen LogP contribution in [0.1, 0.15) is 11.3 Å². The Balaban J connectivity index is 1.54. The molecule has 25 heavy (non-hydrogen) atoms. The number of nitrogens with zero attached hydrogens (tertiary/aromatic N) is 3. The monoisotopic (exact) mass is 369 g/mol. The minimum atomic E-state index is -1.08. The summed E-state index contributed by atoms with van der Waals surface area (Å²) in [6, 6.07) is 6.16. The van der Waals surface area contributed by atoms with Gasteiger partial charge in [0, 0.05) is 11.6 Å². The molecular formula is C17H11N3O3S2. The number of aryl methyl sites for hydroxylation is 1. The maximum Gasteiger partial charge on any atom is 0.353 e. The predicted octanol–water partition coefficient (Wildman–Crippen LogP) is 3.08. The minimum absolute atomic E-state index is 0.0459. The number of amides is 1. The van der Waals surface area contributed by atoms with E-state index < -0.39 is 5.97 Å². The maximum absolute atomic E-state index is 12.3. The third kappa shape index (κ3) is 1.95. The number of thioether (sulfide) groups is 1. The summed E-state index contributed by atoms with van der Waals surface area (Å²) in [7, 11) is 0. The fourth-order valence-electron chi connectivity index (χ4n) is 3.23. The molecule has 1 saturated heterocycles. The summed E-state index contributed by atoms with van der Waals surface area (Å²) in [5.74, 6) is -1.34. The molecule has 1 fully saturated rings. The van der Waals surface area contributed by atoms with E-state index in [1.807, 2.05) is 16.7 Å². The minimum Gasteiger partial charge on any atom is -0.477 e. The number of carboxylic acids is 1. The average molecular weight is 369 g/mol. The van der Waals surface area contributed by atoms with E-state index in [1.165, 1.54) is 32.3 Å². The molecule has 0 saturated carbocycles. The number of carboxylic acid groups (broad SMARTS) is 1. The molecular weight excluding hydrogens is 358 g/mol. The molecule has 3 aromatic rings. The second-order valence-electron chi connectivity index (χ2n) is 5.91. The third-order valence-electron chi connectivity index (χ3n) is 4.39. The van der Waals surface area contributed by atoms with Crippen molar-refractivity contribution in [1.29, 1.82) is 0 Å². The molecule has 1 unspecified atom stereocenters. The number of para-hydroxylation sites is 1. The molecule has 4 heterocycles. The van der Waals surface area contributed by atoms with Crippen LogP contribution in [0.25, 0.3) is 21.3 Å². The number of β-lactam (4-membered cyclic amide) rings is 1. The molecule has 1 aromatic carbocycles. The number of aliphatic carboxylic acids is 1. The van der Waals surface area contributed by atoms with Crippen molar-refractivity contribution in [2.24, 2.45) is 0 Å². The van der Waals surface area contributed by atoms with Crippen LogP contribution >= 0.6 is 23.1 Å². The summed E-state index contributed by atoms with van der Waals surface area (Å²) in [4.78, 5) is 30.2. The first kappa shape index (κ1) is 14.7. The fraction of sp³-hybridized carbons (Fsp3) is 0.118. The van der Waals surface area contributed by atoms with Crippen molar-refractivity contribution >= 4 is 56.2 Å². The molecule has 6 nitrogen and oxygen atoms in total. The SMILES string of the molecule is Cc1cccc2sc3nc(C=C4C(=O)N5C(C(=O)O)=CSC45)cn3c12. The summed E-state index contributed by atoms with van der Waals surface area (Å²) in [6.07, 6.45) is 3.69. The predicted molar refractivity (Wildman–Crippen MR) is 97.2 cm³/mol. The molecule has 2 aliphatic heterocycles. The molecule has 8 heteroatoms. The Hall–Kier alpha value is -2.58. The lowest BCUT2D eigenvalue weighted by molar-refractivity contribution is -0.141. The van der Waals surface area contributed by atoms with Gasteiger partial charge in [-0.2, -0.15) is 0 Å². The van der Waals surface area contributed by atoms with Gasteiger partial charge in [0.2, 0.25) is 0 Å². The number of rotatable bonds is 2. The van der Waals surface area contributed by atoms with E-state index in [2.05, 4.69) is 24.0 Å². The Morgan fingerprint density at radius 2 is 2.24 bits per heavy atom. The second kappa shape index (κ2) is 4.96. The second-order valence-corrected chi connectivity index (χ2v) is 7.88. The van der Waals surface area contributed by atoms with Gasteiger partial charge in [-0.05, 0) is 24.6 Å². The van der Waals surface area contributed by atoms with Gasteiger partial charge in [0.15, 0.2) is 4.96 Å². The van der Waals surface area contributed by atoms with Crippen molar-refractivity contribution in [2.75, 3.05) is 0 Å². The van der Waals surface area contributed by atoms with Crippen LogP contribution in [-0.2, 0) is 9.59 Å². The van der Waals surface area contributed by atoms with Crippen LogP contribution in [0.15, 0.2) is 41.1 Å². The van der Waals surface area contributed by atoms with Crippen molar-refractivity contribution in [2.45, 2.75) is 12.3 Å². The highest BCUT2D eigenvalue weighted by atomic mass is 32.2. The highest BCUT2D eigenvalue weighted by Crippen LogP contribution is 2.45. The van der Waals surface area contributed by atoms with Crippen LogP contribution in [-0.4, -0.2) is 36.6 Å². The molecule has 1 atom stereocenters. The molecule has 124 valence electrons. The summed E-state index contributed by atoms with van der Waals surface area (Å²) in [5.41, 5.74) is 3.65. The number of imidazole rings is 1. The lowest BCUT2D eigenvalue weighted by Gasteiger charge is -2.36. The summed E-state index contributed by atoms with van der Waals surface area (Å²) < 4.78 is 3.22. The molecule has 5 rings (SSSR count).